The van der Waals surface area contributed by atoms with Crippen LogP contribution >= 0.6 is 0 Å². The summed E-state index contributed by atoms with van der Waals surface area (Å²) >= 11 is 0. The third-order valence-electron chi connectivity index (χ3n) is 2.58. The van der Waals surface area contributed by atoms with Crippen LogP contribution in [-0.2, 0) is 0 Å². The van der Waals surface area contributed by atoms with Crippen LogP contribution in [0.3, 0.4) is 0 Å². The summed E-state index contributed by atoms with van der Waals surface area (Å²) in [5.41, 5.74) is 3.48. The Labute approximate surface area is 105 Å². The highest BCUT2D eigenvalue weighted by Crippen LogP contribution is 2.19. The maximum absolute atomic E-state index is 5.77. The van der Waals surface area contributed by atoms with Crippen molar-refractivity contribution >= 4 is 0 Å². The third-order valence-corrected chi connectivity index (χ3v) is 2.58. The van der Waals surface area contributed by atoms with Gasteiger partial charge in [-0.15, -0.1) is 0 Å². The lowest BCUT2D eigenvalue weighted by atomic mass is 10.1. The van der Waals surface area contributed by atoms with E-state index in [0.29, 0.717) is 6.61 Å². The minimum Gasteiger partial charge on any atom is -0.489 e. The Balaban J connectivity index is 2.39. The second kappa shape index (κ2) is 7.13. The van der Waals surface area contributed by atoms with Crippen molar-refractivity contribution in [3.63, 3.8) is 0 Å². The van der Waals surface area contributed by atoms with Gasteiger partial charge in [0.05, 0.1) is 0 Å². The van der Waals surface area contributed by atoms with Crippen molar-refractivity contribution < 1.29 is 4.74 Å². The normalized spacial score (nSPS) is 10.3. The molecule has 94 valence electrons. The Bertz CT molecular complexity index is 371. The number of rotatable bonds is 7. The van der Waals surface area contributed by atoms with Crippen molar-refractivity contribution in [3.05, 3.63) is 41.5 Å². The second-order valence-corrected chi connectivity index (χ2v) is 4.48. The highest BCUT2D eigenvalue weighted by atomic mass is 16.5. The molecule has 0 unspecified atom stereocenters. The lowest BCUT2D eigenvalue weighted by Gasteiger charge is -2.12. The first-order chi connectivity index (χ1) is 8.13. The third kappa shape index (κ3) is 5.05. The van der Waals surface area contributed by atoms with Gasteiger partial charge in [-0.1, -0.05) is 25.6 Å². The molecular formula is C15H23NO. The zero-order chi connectivity index (χ0) is 12.7. The van der Waals surface area contributed by atoms with Gasteiger partial charge in [-0.2, -0.15) is 0 Å². The molecule has 0 saturated heterocycles. The van der Waals surface area contributed by atoms with E-state index in [4.69, 9.17) is 4.74 Å². The summed E-state index contributed by atoms with van der Waals surface area (Å²) in [4.78, 5) is 0. The molecule has 0 aromatic heterocycles. The molecule has 1 rings (SSSR count). The number of benzene rings is 1. The molecule has 0 atom stereocenters. The molecule has 0 amide bonds. The lowest BCUT2D eigenvalue weighted by Crippen LogP contribution is -2.20. The van der Waals surface area contributed by atoms with E-state index in [1.807, 2.05) is 0 Å². The van der Waals surface area contributed by atoms with Crippen molar-refractivity contribution in [1.82, 2.24) is 5.32 Å². The maximum Gasteiger partial charge on any atom is 0.122 e. The molecule has 2 heteroatoms. The molecule has 1 aromatic carbocycles. The quantitative estimate of drug-likeness (QED) is 0.576. The molecule has 1 aromatic rings. The van der Waals surface area contributed by atoms with Gasteiger partial charge in [0.1, 0.15) is 12.4 Å². The zero-order valence-corrected chi connectivity index (χ0v) is 11.2. The van der Waals surface area contributed by atoms with E-state index in [1.54, 1.807) is 0 Å². The Morgan fingerprint density at radius 1 is 1.35 bits per heavy atom. The first-order valence-corrected chi connectivity index (χ1v) is 6.21. The second-order valence-electron chi connectivity index (χ2n) is 4.48. The van der Waals surface area contributed by atoms with E-state index in [-0.39, 0.29) is 0 Å². The van der Waals surface area contributed by atoms with Crippen molar-refractivity contribution in [1.29, 1.82) is 0 Å². The van der Waals surface area contributed by atoms with E-state index in [9.17, 15) is 0 Å². The van der Waals surface area contributed by atoms with Gasteiger partial charge in [0.25, 0.3) is 0 Å². The summed E-state index contributed by atoms with van der Waals surface area (Å²) in [6.45, 7) is 12.7. The van der Waals surface area contributed by atoms with Gasteiger partial charge >= 0.3 is 0 Å². The first kappa shape index (κ1) is 13.8. The van der Waals surface area contributed by atoms with Gasteiger partial charge in [-0.3, -0.25) is 0 Å². The molecule has 1 N–H and O–H groups in total. The number of ether oxygens (including phenoxy) is 1. The van der Waals surface area contributed by atoms with E-state index in [0.717, 1.165) is 30.8 Å². The average Bonchev–Trinajstić information content (AvgIpc) is 2.31. The minimum atomic E-state index is 0.584. The summed E-state index contributed by atoms with van der Waals surface area (Å²) in [5, 5.41) is 3.32. The zero-order valence-electron chi connectivity index (χ0n) is 11.2. The van der Waals surface area contributed by atoms with Crippen LogP contribution < -0.4 is 10.1 Å². The summed E-state index contributed by atoms with van der Waals surface area (Å²) < 4.78 is 5.77. The number of nitrogens with one attached hydrogen (secondary N) is 1. The smallest absolute Gasteiger partial charge is 0.122 e. The molecular weight excluding hydrogens is 210 g/mol. The molecule has 0 aliphatic carbocycles. The Morgan fingerprint density at radius 3 is 2.82 bits per heavy atom. The summed E-state index contributed by atoms with van der Waals surface area (Å²) in [6, 6.07) is 6.25. The fourth-order valence-corrected chi connectivity index (χ4v) is 1.54. The average molecular weight is 233 g/mol. The molecule has 0 aliphatic rings. The van der Waals surface area contributed by atoms with Crippen LogP contribution in [0.15, 0.2) is 30.4 Å². The molecule has 0 saturated carbocycles. The van der Waals surface area contributed by atoms with Gasteiger partial charge in [0.2, 0.25) is 0 Å². The standard InChI is InChI=1S/C15H23NO/c1-5-8-16-10-13(3)11-17-15-9-12(2)6-7-14(15)4/h6-7,9,16H,3,5,8,10-11H2,1-2,4H3. The van der Waals surface area contributed by atoms with Crippen molar-refractivity contribution in [3.8, 4) is 5.75 Å². The maximum atomic E-state index is 5.77. The van der Waals surface area contributed by atoms with Crippen molar-refractivity contribution in [2.75, 3.05) is 19.7 Å². The molecule has 0 bridgehead atoms. The largest absolute Gasteiger partial charge is 0.489 e. The Kier molecular flexibility index (Phi) is 5.78. The summed E-state index contributed by atoms with van der Waals surface area (Å²) in [7, 11) is 0. The van der Waals surface area contributed by atoms with Crippen LogP contribution in [0.4, 0.5) is 0 Å². The fraction of sp³-hybridized carbons (Fsp3) is 0.467. The minimum absolute atomic E-state index is 0.584. The van der Waals surface area contributed by atoms with Crippen LogP contribution in [0, 0.1) is 13.8 Å². The van der Waals surface area contributed by atoms with E-state index in [1.165, 1.54) is 11.1 Å². The summed E-state index contributed by atoms with van der Waals surface area (Å²) in [5.74, 6) is 0.960. The molecule has 0 radical (unpaired) electrons. The molecule has 0 spiro atoms. The summed E-state index contributed by atoms with van der Waals surface area (Å²) in [6.07, 6.45) is 1.14. The van der Waals surface area contributed by atoms with Crippen LogP contribution in [-0.4, -0.2) is 19.7 Å². The topological polar surface area (TPSA) is 21.3 Å². The molecule has 0 fully saturated rings. The number of hydrogen-bond acceptors (Lipinski definition) is 2. The van der Waals surface area contributed by atoms with Gasteiger partial charge in [0, 0.05) is 6.54 Å². The molecule has 0 aliphatic heterocycles. The van der Waals surface area contributed by atoms with Crippen molar-refractivity contribution in [2.24, 2.45) is 0 Å². The van der Waals surface area contributed by atoms with Crippen molar-refractivity contribution in [2.45, 2.75) is 27.2 Å². The Morgan fingerprint density at radius 2 is 2.12 bits per heavy atom. The highest BCUT2D eigenvalue weighted by molar-refractivity contribution is 5.36. The predicted octanol–water partition coefficient (Wildman–Crippen LogP) is 3.24. The molecule has 17 heavy (non-hydrogen) atoms. The highest BCUT2D eigenvalue weighted by Gasteiger charge is 2.01. The Hall–Kier alpha value is -1.28. The number of aryl methyl sites for hydroxylation is 2. The van der Waals surface area contributed by atoms with Crippen LogP contribution in [0.1, 0.15) is 24.5 Å². The van der Waals surface area contributed by atoms with Crippen LogP contribution in [0.5, 0.6) is 5.75 Å². The van der Waals surface area contributed by atoms with E-state index in [2.05, 4.69) is 50.9 Å². The van der Waals surface area contributed by atoms with E-state index < -0.39 is 0 Å². The SMILES string of the molecule is C=C(CNCCC)COc1cc(C)ccc1C. The first-order valence-electron chi connectivity index (χ1n) is 6.21. The number of hydrogen-bond donors (Lipinski definition) is 1. The van der Waals surface area contributed by atoms with Crippen LogP contribution in [0.25, 0.3) is 0 Å². The fourth-order valence-electron chi connectivity index (χ4n) is 1.54. The van der Waals surface area contributed by atoms with Gasteiger partial charge in [-0.05, 0) is 49.6 Å². The predicted molar refractivity (Wildman–Crippen MR) is 73.7 cm³/mol. The van der Waals surface area contributed by atoms with E-state index >= 15 is 0 Å². The van der Waals surface area contributed by atoms with Crippen LogP contribution in [0.2, 0.25) is 0 Å². The lowest BCUT2D eigenvalue weighted by molar-refractivity contribution is 0.346. The molecule has 2 nitrogen and oxygen atoms in total. The van der Waals surface area contributed by atoms with Gasteiger partial charge in [-0.25, -0.2) is 0 Å². The van der Waals surface area contributed by atoms with Gasteiger partial charge in [0.15, 0.2) is 0 Å². The van der Waals surface area contributed by atoms with Gasteiger partial charge < -0.3 is 10.1 Å². The molecule has 0 heterocycles. The monoisotopic (exact) mass is 233 g/mol.